The Morgan fingerprint density at radius 1 is 0.239 bits per heavy atom. The minimum atomic E-state index is 0.860. The van der Waals surface area contributed by atoms with E-state index in [-0.39, 0.29) is 0 Å². The molecule has 5 heterocycles. The van der Waals surface area contributed by atoms with Gasteiger partial charge in [-0.15, -0.1) is 0 Å². The zero-order valence-corrected chi connectivity index (χ0v) is 36.1. The zero-order valence-electron chi connectivity index (χ0n) is 36.1. The molecule has 0 bridgehead atoms. The second kappa shape index (κ2) is 13.7. The SMILES string of the molecule is c1ccc(-n2c3ccc(-c4cccc(-n5c6ccc(-n7c8ccccc8c8ccccc87)cc6c6cc(-n7c8ccccc8c8ccccc87)ccc65)c4)cc3c3c4ccccc4oc32)cc1. The van der Waals surface area contributed by atoms with Gasteiger partial charge in [-0.1, -0.05) is 127 Å². The van der Waals surface area contributed by atoms with Gasteiger partial charge < -0.3 is 18.1 Å². The van der Waals surface area contributed by atoms with E-state index in [1.54, 1.807) is 0 Å². The third kappa shape index (κ3) is 5.14. The van der Waals surface area contributed by atoms with Gasteiger partial charge in [-0.05, 0) is 114 Å². The summed E-state index contributed by atoms with van der Waals surface area (Å²) in [6, 6.07) is 83.8. The molecule has 0 fully saturated rings. The predicted molar refractivity (Wildman–Crippen MR) is 279 cm³/mol. The van der Waals surface area contributed by atoms with Crippen LogP contribution in [-0.4, -0.2) is 18.3 Å². The number of para-hydroxylation sites is 6. The summed E-state index contributed by atoms with van der Waals surface area (Å²) < 4.78 is 16.2. The Labute approximate surface area is 383 Å². The summed E-state index contributed by atoms with van der Waals surface area (Å²) in [5.74, 6) is 0. The Morgan fingerprint density at radius 2 is 0.657 bits per heavy atom. The molecule has 0 aliphatic rings. The van der Waals surface area contributed by atoms with Crippen molar-refractivity contribution >= 4 is 98.4 Å². The summed E-state index contributed by atoms with van der Waals surface area (Å²) in [5.41, 5.74) is 16.7. The highest BCUT2D eigenvalue weighted by atomic mass is 16.3. The third-order valence-corrected chi connectivity index (χ3v) is 14.1. The summed E-state index contributed by atoms with van der Waals surface area (Å²) in [6.45, 7) is 0. The maximum Gasteiger partial charge on any atom is 0.213 e. The van der Waals surface area contributed by atoms with Gasteiger partial charge in [-0.2, -0.15) is 0 Å². The van der Waals surface area contributed by atoms with Crippen LogP contribution in [0.1, 0.15) is 0 Å². The molecule has 0 saturated heterocycles. The van der Waals surface area contributed by atoms with Gasteiger partial charge in [0.1, 0.15) is 5.58 Å². The Morgan fingerprint density at radius 3 is 1.22 bits per heavy atom. The molecule has 15 rings (SSSR count). The lowest BCUT2D eigenvalue weighted by Crippen LogP contribution is -1.97. The van der Waals surface area contributed by atoms with Crippen molar-refractivity contribution in [1.29, 1.82) is 0 Å². The van der Waals surface area contributed by atoms with Crippen LogP contribution in [0.25, 0.3) is 132 Å². The van der Waals surface area contributed by atoms with Crippen LogP contribution in [0, 0.1) is 0 Å². The van der Waals surface area contributed by atoms with Crippen LogP contribution in [0.3, 0.4) is 0 Å². The van der Waals surface area contributed by atoms with Crippen LogP contribution < -0.4 is 0 Å². The molecule has 5 heteroatoms. The van der Waals surface area contributed by atoms with E-state index in [1.807, 2.05) is 6.07 Å². The standard InChI is InChI=1S/C62H38N4O/c1-2-16-41(17-3-1)66-59-32-29-40(36-52(59)61-49-23-8-13-28-60(49)67-62(61)66)39-15-14-18-42(35-39)63-57-33-30-43(64-53-24-9-4-19-45(53)46-20-5-10-25-54(46)64)37-50(57)51-38-44(31-34-58(51)63)65-55-26-11-6-21-47(55)48-22-7-12-27-56(48)65/h1-38H. The van der Waals surface area contributed by atoms with Crippen LogP contribution in [0.15, 0.2) is 235 Å². The van der Waals surface area contributed by atoms with Crippen molar-refractivity contribution in [2.24, 2.45) is 0 Å². The number of hydrogen-bond acceptors (Lipinski definition) is 1. The van der Waals surface area contributed by atoms with Gasteiger partial charge in [0, 0.05) is 65.8 Å². The van der Waals surface area contributed by atoms with Crippen molar-refractivity contribution in [3.63, 3.8) is 0 Å². The van der Waals surface area contributed by atoms with E-state index in [4.69, 9.17) is 4.42 Å². The molecule has 0 aliphatic heterocycles. The van der Waals surface area contributed by atoms with Crippen LogP contribution in [0.4, 0.5) is 0 Å². The van der Waals surface area contributed by atoms with Crippen LogP contribution >= 0.6 is 0 Å². The number of fused-ring (bicyclic) bond motifs is 14. The van der Waals surface area contributed by atoms with E-state index >= 15 is 0 Å². The minimum Gasteiger partial charge on any atom is -0.439 e. The first kappa shape index (κ1) is 36.3. The van der Waals surface area contributed by atoms with Crippen molar-refractivity contribution in [2.45, 2.75) is 0 Å². The fraction of sp³-hybridized carbons (Fsp3) is 0. The highest BCUT2D eigenvalue weighted by molar-refractivity contribution is 6.21. The summed E-state index contributed by atoms with van der Waals surface area (Å²) >= 11 is 0. The topological polar surface area (TPSA) is 32.9 Å². The molecule has 0 saturated carbocycles. The van der Waals surface area contributed by atoms with Gasteiger partial charge in [-0.3, -0.25) is 4.57 Å². The first-order valence-corrected chi connectivity index (χ1v) is 22.9. The van der Waals surface area contributed by atoms with E-state index < -0.39 is 0 Å². The fourth-order valence-electron chi connectivity index (χ4n) is 11.3. The van der Waals surface area contributed by atoms with Crippen molar-refractivity contribution in [2.75, 3.05) is 0 Å². The van der Waals surface area contributed by atoms with Crippen molar-refractivity contribution in [1.82, 2.24) is 18.3 Å². The number of nitrogens with zero attached hydrogens (tertiary/aromatic N) is 4. The number of rotatable bonds is 5. The Kier molecular flexibility index (Phi) is 7.44. The van der Waals surface area contributed by atoms with E-state index in [0.717, 1.165) is 72.5 Å². The zero-order chi connectivity index (χ0) is 43.7. The normalized spacial score (nSPS) is 12.2. The smallest absolute Gasteiger partial charge is 0.213 e. The quantitative estimate of drug-likeness (QED) is 0.170. The van der Waals surface area contributed by atoms with Crippen LogP contribution in [0.2, 0.25) is 0 Å². The summed E-state index contributed by atoms with van der Waals surface area (Å²) in [6.07, 6.45) is 0. The van der Waals surface area contributed by atoms with Gasteiger partial charge >= 0.3 is 0 Å². The minimum absolute atomic E-state index is 0.860. The Bertz CT molecular complexity index is 4240. The molecular formula is C62H38N4O. The highest BCUT2D eigenvalue weighted by Gasteiger charge is 2.22. The lowest BCUT2D eigenvalue weighted by Gasteiger charge is -2.12. The lowest BCUT2D eigenvalue weighted by atomic mass is 10.0. The maximum absolute atomic E-state index is 6.62. The third-order valence-electron chi connectivity index (χ3n) is 14.1. The molecular weight excluding hydrogens is 817 g/mol. The average Bonchev–Trinajstić information content (AvgIpc) is 4.18. The lowest BCUT2D eigenvalue weighted by molar-refractivity contribution is 0.645. The maximum atomic E-state index is 6.62. The molecule has 5 aromatic heterocycles. The summed E-state index contributed by atoms with van der Waals surface area (Å²) in [5, 5.41) is 10.8. The van der Waals surface area contributed by atoms with Crippen molar-refractivity contribution < 1.29 is 4.42 Å². The second-order valence-electron chi connectivity index (χ2n) is 17.7. The van der Waals surface area contributed by atoms with Crippen LogP contribution in [-0.2, 0) is 0 Å². The summed E-state index contributed by atoms with van der Waals surface area (Å²) in [4.78, 5) is 0. The average molecular weight is 855 g/mol. The fourth-order valence-corrected chi connectivity index (χ4v) is 11.3. The van der Waals surface area contributed by atoms with E-state index in [1.165, 1.54) is 59.8 Å². The van der Waals surface area contributed by atoms with E-state index in [2.05, 4.69) is 243 Å². The number of aromatic nitrogens is 4. The molecule has 0 aliphatic carbocycles. The van der Waals surface area contributed by atoms with Crippen molar-refractivity contribution in [3.8, 4) is 33.9 Å². The van der Waals surface area contributed by atoms with E-state index in [0.29, 0.717) is 0 Å². The predicted octanol–water partition coefficient (Wildman–Crippen LogP) is 16.5. The molecule has 312 valence electrons. The number of hydrogen-bond donors (Lipinski definition) is 0. The monoisotopic (exact) mass is 854 g/mol. The highest BCUT2D eigenvalue weighted by Crippen LogP contribution is 2.43. The largest absolute Gasteiger partial charge is 0.439 e. The molecule has 0 radical (unpaired) electrons. The van der Waals surface area contributed by atoms with E-state index in [9.17, 15) is 0 Å². The molecule has 10 aromatic carbocycles. The van der Waals surface area contributed by atoms with Gasteiger partial charge in [0.15, 0.2) is 0 Å². The van der Waals surface area contributed by atoms with Gasteiger partial charge in [0.25, 0.3) is 0 Å². The molecule has 5 nitrogen and oxygen atoms in total. The molecule has 0 amide bonds. The van der Waals surface area contributed by atoms with Crippen LogP contribution in [0.5, 0.6) is 0 Å². The van der Waals surface area contributed by atoms with Gasteiger partial charge in [0.2, 0.25) is 5.71 Å². The Balaban J connectivity index is 0.964. The van der Waals surface area contributed by atoms with Crippen molar-refractivity contribution in [3.05, 3.63) is 231 Å². The second-order valence-corrected chi connectivity index (χ2v) is 17.7. The molecule has 67 heavy (non-hydrogen) atoms. The number of furan rings is 1. The number of benzene rings is 10. The molecule has 0 spiro atoms. The first-order valence-electron chi connectivity index (χ1n) is 22.9. The van der Waals surface area contributed by atoms with Gasteiger partial charge in [0.05, 0.1) is 44.0 Å². The molecule has 15 aromatic rings. The summed E-state index contributed by atoms with van der Waals surface area (Å²) in [7, 11) is 0. The molecule has 0 unspecified atom stereocenters. The molecule has 0 atom stereocenters. The molecule has 0 N–H and O–H groups in total. The Hall–Kier alpha value is -9.06. The first-order chi connectivity index (χ1) is 33.2. The van der Waals surface area contributed by atoms with Gasteiger partial charge in [-0.25, -0.2) is 0 Å².